The third kappa shape index (κ3) is 3.85. The van der Waals surface area contributed by atoms with Crippen LogP contribution in [0.15, 0.2) is 6.07 Å². The van der Waals surface area contributed by atoms with Crippen LogP contribution < -0.4 is 0 Å². The molecule has 1 fully saturated rings. The van der Waals surface area contributed by atoms with E-state index in [1.807, 2.05) is 0 Å². The van der Waals surface area contributed by atoms with Gasteiger partial charge < -0.3 is 40.1 Å². The fraction of sp³-hybridized carbons (Fsp3) is 0.650. The maximum absolute atomic E-state index is 12.9. The van der Waals surface area contributed by atoms with E-state index in [9.17, 15) is 35.4 Å². The van der Waals surface area contributed by atoms with Gasteiger partial charge in [-0.15, -0.1) is 0 Å². The van der Waals surface area contributed by atoms with Crippen molar-refractivity contribution in [2.75, 3.05) is 6.61 Å². The maximum Gasteiger partial charge on any atom is 0.187 e. The highest BCUT2D eigenvalue weighted by Gasteiger charge is 2.48. The molecule has 0 saturated carbocycles. The summed E-state index contributed by atoms with van der Waals surface area (Å²) in [6.45, 7) is 4.63. The van der Waals surface area contributed by atoms with Crippen LogP contribution in [0.25, 0.3) is 0 Å². The van der Waals surface area contributed by atoms with Gasteiger partial charge in [0.2, 0.25) is 0 Å². The molecule has 0 bridgehead atoms. The zero-order valence-electron chi connectivity index (χ0n) is 16.5. The van der Waals surface area contributed by atoms with Gasteiger partial charge in [0.05, 0.1) is 18.6 Å². The lowest BCUT2D eigenvalue weighted by atomic mass is 9.91. The summed E-state index contributed by atoms with van der Waals surface area (Å²) in [7, 11) is 0. The lowest BCUT2D eigenvalue weighted by molar-refractivity contribution is -0.314. The van der Waals surface area contributed by atoms with Crippen LogP contribution in [-0.2, 0) is 15.9 Å². The number of ketones is 1. The van der Waals surface area contributed by atoms with Crippen LogP contribution in [0.5, 0.6) is 0 Å². The molecule has 1 saturated heterocycles. The van der Waals surface area contributed by atoms with Crippen molar-refractivity contribution in [2.24, 2.45) is 5.92 Å². The van der Waals surface area contributed by atoms with Gasteiger partial charge in [-0.05, 0) is 36.1 Å². The van der Waals surface area contributed by atoms with Crippen LogP contribution in [0.2, 0.25) is 0 Å². The topological polar surface area (TPSA) is 157 Å². The third-order valence-electron chi connectivity index (χ3n) is 5.90. The van der Waals surface area contributed by atoms with Gasteiger partial charge in [0.25, 0.3) is 0 Å². The van der Waals surface area contributed by atoms with Gasteiger partial charge >= 0.3 is 0 Å². The van der Waals surface area contributed by atoms with E-state index in [2.05, 4.69) is 0 Å². The molecule has 29 heavy (non-hydrogen) atoms. The number of carbonyl (C=O) groups is 1. The summed E-state index contributed by atoms with van der Waals surface area (Å²) in [5.41, 5.74) is 3.11. The van der Waals surface area contributed by atoms with E-state index in [1.54, 1.807) is 26.8 Å². The Morgan fingerprint density at radius 2 is 1.79 bits per heavy atom. The first-order valence-electron chi connectivity index (χ1n) is 9.57. The molecule has 0 amide bonds. The Labute approximate surface area is 168 Å². The number of fused-ring (bicyclic) bond motifs is 1. The van der Waals surface area contributed by atoms with Crippen LogP contribution in [0.4, 0.5) is 0 Å². The summed E-state index contributed by atoms with van der Waals surface area (Å²) in [5.74, 6) is -0.787. The van der Waals surface area contributed by atoms with Crippen LogP contribution in [0.3, 0.4) is 0 Å². The third-order valence-corrected chi connectivity index (χ3v) is 5.90. The molecule has 2 aliphatic rings. The van der Waals surface area contributed by atoms with Gasteiger partial charge in [-0.3, -0.25) is 4.79 Å². The molecule has 1 aliphatic carbocycles. The number of carbonyl (C=O) groups excluding carboxylic acids is 1. The average molecular weight is 412 g/mol. The summed E-state index contributed by atoms with van der Waals surface area (Å²) in [4.78, 5) is 12.9. The molecule has 1 aromatic rings. The molecule has 0 radical (unpaired) electrons. The number of Topliss-reactive ketones (excluding diaryl/α,β-unsaturated/α-hetero) is 1. The molecule has 6 N–H and O–H groups in total. The lowest BCUT2D eigenvalue weighted by Gasteiger charge is -2.41. The Hall–Kier alpha value is -1.43. The van der Waals surface area contributed by atoms with Gasteiger partial charge in [-0.25, -0.2) is 0 Å². The quantitative estimate of drug-likeness (QED) is 0.329. The molecule has 162 valence electrons. The van der Waals surface area contributed by atoms with Crippen molar-refractivity contribution in [2.45, 2.75) is 70.3 Å². The molecule has 3 rings (SSSR count). The first-order chi connectivity index (χ1) is 13.6. The minimum atomic E-state index is -1.57. The summed E-state index contributed by atoms with van der Waals surface area (Å²) < 4.78 is 11.3. The summed E-state index contributed by atoms with van der Waals surface area (Å²) >= 11 is 0. The molecular weight excluding hydrogens is 384 g/mol. The second kappa shape index (κ2) is 8.37. The number of benzene rings is 1. The molecule has 7 atom stereocenters. The zero-order valence-corrected chi connectivity index (χ0v) is 16.5. The van der Waals surface area contributed by atoms with Gasteiger partial charge in [0.1, 0.15) is 24.4 Å². The summed E-state index contributed by atoms with van der Waals surface area (Å²) in [5, 5.41) is 58.2. The second-order valence-corrected chi connectivity index (χ2v) is 7.85. The molecular formula is C20H28O9. The molecule has 0 aromatic heterocycles. The fourth-order valence-electron chi connectivity index (χ4n) is 4.25. The number of aryl methyl sites for hydroxylation is 1. The lowest BCUT2D eigenvalue weighted by Crippen LogP contribution is -2.59. The molecule has 7 unspecified atom stereocenters. The predicted molar refractivity (Wildman–Crippen MR) is 98.9 cm³/mol. The zero-order chi connectivity index (χ0) is 21.6. The van der Waals surface area contributed by atoms with Gasteiger partial charge in [-0.2, -0.15) is 0 Å². The Balaban J connectivity index is 1.94. The highest BCUT2D eigenvalue weighted by Crippen LogP contribution is 2.43. The van der Waals surface area contributed by atoms with Crippen molar-refractivity contribution in [3.05, 3.63) is 33.9 Å². The Bertz CT molecular complexity index is 776. The maximum atomic E-state index is 12.9. The van der Waals surface area contributed by atoms with Crippen LogP contribution in [0.1, 0.15) is 45.6 Å². The van der Waals surface area contributed by atoms with E-state index in [1.165, 1.54) is 0 Å². The number of hydrogen-bond donors (Lipinski definition) is 6. The normalized spacial score (nSPS) is 34.7. The van der Waals surface area contributed by atoms with Crippen LogP contribution in [-0.4, -0.2) is 80.0 Å². The SMILES string of the molecule is Cc1cc2c(c(C)c1CC(O)O)C(=O)C(C)C2OC1OC(CO)C(O)C(O)C1O. The number of hydrogen-bond acceptors (Lipinski definition) is 9. The molecule has 1 aromatic carbocycles. The van der Waals surface area contributed by atoms with E-state index in [4.69, 9.17) is 9.47 Å². The van der Waals surface area contributed by atoms with Gasteiger partial charge in [0.15, 0.2) is 18.4 Å². The van der Waals surface area contributed by atoms with Crippen LogP contribution >= 0.6 is 0 Å². The first-order valence-corrected chi connectivity index (χ1v) is 9.57. The van der Waals surface area contributed by atoms with Crippen molar-refractivity contribution in [1.82, 2.24) is 0 Å². The number of rotatable bonds is 5. The van der Waals surface area contributed by atoms with Crippen LogP contribution in [0, 0.1) is 19.8 Å². The standard InChI is InChI=1S/C20H28O9/c1-7-4-11-14(8(2)10(7)5-13(22)23)15(24)9(3)19(11)29-20-18(27)17(26)16(25)12(6-21)28-20/h4,9,12-13,16-23,25-27H,5-6H2,1-3H3. The Morgan fingerprint density at radius 1 is 1.14 bits per heavy atom. The molecule has 0 spiro atoms. The monoisotopic (exact) mass is 412 g/mol. The summed E-state index contributed by atoms with van der Waals surface area (Å²) in [6, 6.07) is 1.75. The molecule has 1 aliphatic heterocycles. The smallest absolute Gasteiger partial charge is 0.187 e. The molecule has 9 nitrogen and oxygen atoms in total. The second-order valence-electron chi connectivity index (χ2n) is 7.85. The number of aliphatic hydroxyl groups excluding tert-OH is 5. The molecule has 1 heterocycles. The van der Waals surface area contributed by atoms with Gasteiger partial charge in [-0.1, -0.05) is 13.0 Å². The van der Waals surface area contributed by atoms with Crippen molar-refractivity contribution in [3.63, 3.8) is 0 Å². The highest BCUT2D eigenvalue weighted by molar-refractivity contribution is 6.04. The van der Waals surface area contributed by atoms with E-state index in [-0.39, 0.29) is 12.2 Å². The Kier molecular flexibility index (Phi) is 6.42. The minimum Gasteiger partial charge on any atom is -0.394 e. The van der Waals surface area contributed by atoms with Gasteiger partial charge in [0, 0.05) is 12.0 Å². The molecule has 9 heteroatoms. The fourth-order valence-corrected chi connectivity index (χ4v) is 4.25. The number of aliphatic hydroxyl groups is 6. The van der Waals surface area contributed by atoms with E-state index >= 15 is 0 Å². The first kappa shape index (κ1) is 22.3. The van der Waals surface area contributed by atoms with Crippen molar-refractivity contribution >= 4 is 5.78 Å². The largest absolute Gasteiger partial charge is 0.394 e. The van der Waals surface area contributed by atoms with E-state index < -0.39 is 55.6 Å². The van der Waals surface area contributed by atoms with E-state index in [0.717, 1.165) is 5.56 Å². The summed E-state index contributed by atoms with van der Waals surface area (Å²) in [6.07, 6.45) is -9.42. The average Bonchev–Trinajstić information content (AvgIpc) is 2.89. The van der Waals surface area contributed by atoms with Crippen molar-refractivity contribution in [1.29, 1.82) is 0 Å². The Morgan fingerprint density at radius 3 is 2.38 bits per heavy atom. The van der Waals surface area contributed by atoms with Crippen molar-refractivity contribution in [3.8, 4) is 0 Å². The predicted octanol–water partition coefficient (Wildman–Crippen LogP) is -1.15. The van der Waals surface area contributed by atoms with Crippen molar-refractivity contribution < 1.29 is 44.9 Å². The van der Waals surface area contributed by atoms with E-state index in [0.29, 0.717) is 22.3 Å². The number of ether oxygens (including phenoxy) is 2. The minimum absolute atomic E-state index is 0.00908. The highest BCUT2D eigenvalue weighted by atomic mass is 16.7.